The molecule has 0 N–H and O–H groups in total. The summed E-state index contributed by atoms with van der Waals surface area (Å²) in [6, 6.07) is 2.27. The van der Waals surface area contributed by atoms with Gasteiger partial charge < -0.3 is 0 Å². The molecule has 0 atom stereocenters. The van der Waals surface area contributed by atoms with Crippen molar-refractivity contribution < 1.29 is 0 Å². The number of hydrogen-bond donors (Lipinski definition) is 0. The predicted octanol–water partition coefficient (Wildman–Crippen LogP) is 3.65. The first kappa shape index (κ1) is 9.58. The van der Waals surface area contributed by atoms with Crippen molar-refractivity contribution in [3.63, 3.8) is 0 Å². The summed E-state index contributed by atoms with van der Waals surface area (Å²) in [6.07, 6.45) is 10.1. The van der Waals surface area contributed by atoms with Crippen molar-refractivity contribution in [1.29, 1.82) is 5.26 Å². The van der Waals surface area contributed by atoms with E-state index in [-0.39, 0.29) is 0 Å². The molecule has 0 aromatic carbocycles. The highest BCUT2D eigenvalue weighted by molar-refractivity contribution is 4.85. The molecule has 1 aliphatic carbocycles. The van der Waals surface area contributed by atoms with Crippen LogP contribution in [0.2, 0.25) is 0 Å². The van der Waals surface area contributed by atoms with Crippen LogP contribution in [0.1, 0.15) is 58.3 Å². The molecule has 0 bridgehead atoms. The molecule has 1 nitrogen and oxygen atoms in total. The van der Waals surface area contributed by atoms with Crippen molar-refractivity contribution in [3.05, 3.63) is 0 Å². The molecule has 0 radical (unpaired) electrons. The molecule has 1 heteroatoms. The normalized spacial score (nSPS) is 21.7. The van der Waals surface area contributed by atoms with E-state index in [1.165, 1.54) is 38.5 Å². The van der Waals surface area contributed by atoms with Gasteiger partial charge in [-0.25, -0.2) is 0 Å². The summed E-state index contributed by atoms with van der Waals surface area (Å²) in [4.78, 5) is 0. The van der Waals surface area contributed by atoms with Gasteiger partial charge >= 0.3 is 0 Å². The van der Waals surface area contributed by atoms with Gasteiger partial charge in [0, 0.05) is 6.42 Å². The fourth-order valence-corrected chi connectivity index (χ4v) is 2.40. The number of nitrogens with zero attached hydrogens (tertiary/aromatic N) is 1. The lowest BCUT2D eigenvalue weighted by Gasteiger charge is -2.36. The van der Waals surface area contributed by atoms with E-state index in [0.717, 1.165) is 12.8 Å². The Morgan fingerprint density at radius 2 is 1.92 bits per heavy atom. The lowest BCUT2D eigenvalue weighted by molar-refractivity contribution is 0.167. The minimum Gasteiger partial charge on any atom is -0.198 e. The first-order valence-corrected chi connectivity index (χ1v) is 5.20. The Labute approximate surface area is 75.8 Å². The predicted molar refractivity (Wildman–Crippen MR) is 50.7 cm³/mol. The molecule has 0 unspecified atom stereocenters. The Hall–Kier alpha value is -0.510. The van der Waals surface area contributed by atoms with E-state index in [1.54, 1.807) is 0 Å². The maximum Gasteiger partial charge on any atom is 0.0621 e. The third kappa shape index (κ3) is 2.24. The lowest BCUT2D eigenvalue weighted by atomic mass is 9.69. The summed E-state index contributed by atoms with van der Waals surface area (Å²) in [5.41, 5.74) is 0.550. The van der Waals surface area contributed by atoms with Gasteiger partial charge in [-0.05, 0) is 24.7 Å². The first-order chi connectivity index (χ1) is 5.83. The van der Waals surface area contributed by atoms with Gasteiger partial charge in [0.25, 0.3) is 0 Å². The molecule has 1 aliphatic rings. The highest BCUT2D eigenvalue weighted by Gasteiger charge is 2.29. The monoisotopic (exact) mass is 165 g/mol. The molecule has 0 aliphatic heterocycles. The van der Waals surface area contributed by atoms with Crippen molar-refractivity contribution in [3.8, 4) is 6.07 Å². The molecule has 68 valence electrons. The zero-order chi connectivity index (χ0) is 8.86. The lowest BCUT2D eigenvalue weighted by Crippen LogP contribution is -2.22. The van der Waals surface area contributed by atoms with Crippen LogP contribution >= 0.6 is 0 Å². The van der Waals surface area contributed by atoms with Crippen LogP contribution in [0.4, 0.5) is 0 Å². The standard InChI is InChI=1S/C11H19N/c1-2-11(9-6-10-12)7-4-3-5-8-11/h2-9H2,1H3. The van der Waals surface area contributed by atoms with E-state index in [2.05, 4.69) is 13.0 Å². The first-order valence-electron chi connectivity index (χ1n) is 5.20. The van der Waals surface area contributed by atoms with Crippen LogP contribution in [-0.2, 0) is 0 Å². The Balaban J connectivity index is 2.43. The molecule has 0 saturated heterocycles. The van der Waals surface area contributed by atoms with E-state index < -0.39 is 0 Å². The van der Waals surface area contributed by atoms with Crippen molar-refractivity contribution in [2.24, 2.45) is 5.41 Å². The van der Waals surface area contributed by atoms with Crippen molar-refractivity contribution in [2.75, 3.05) is 0 Å². The number of nitriles is 1. The van der Waals surface area contributed by atoms with Crippen LogP contribution in [0.3, 0.4) is 0 Å². The fourth-order valence-electron chi connectivity index (χ4n) is 2.40. The second-order valence-corrected chi connectivity index (χ2v) is 4.07. The van der Waals surface area contributed by atoms with Gasteiger partial charge in [-0.2, -0.15) is 5.26 Å². The van der Waals surface area contributed by atoms with Crippen molar-refractivity contribution in [1.82, 2.24) is 0 Å². The minimum absolute atomic E-state index is 0.550. The second kappa shape index (κ2) is 4.50. The minimum atomic E-state index is 0.550. The van der Waals surface area contributed by atoms with Gasteiger partial charge in [0.15, 0.2) is 0 Å². The van der Waals surface area contributed by atoms with Gasteiger partial charge in [0.05, 0.1) is 6.07 Å². The molecule has 0 spiro atoms. The molecule has 0 aromatic heterocycles. The summed E-state index contributed by atoms with van der Waals surface area (Å²) in [5.74, 6) is 0. The van der Waals surface area contributed by atoms with Crippen LogP contribution in [0.15, 0.2) is 0 Å². The van der Waals surface area contributed by atoms with Gasteiger partial charge in [0.2, 0.25) is 0 Å². The average Bonchev–Trinajstić information content (AvgIpc) is 2.16. The zero-order valence-electron chi connectivity index (χ0n) is 8.10. The van der Waals surface area contributed by atoms with E-state index in [0.29, 0.717) is 5.41 Å². The van der Waals surface area contributed by atoms with E-state index in [1.807, 2.05) is 0 Å². The Bertz CT molecular complexity index is 160. The largest absolute Gasteiger partial charge is 0.198 e. The quantitative estimate of drug-likeness (QED) is 0.626. The molecule has 1 saturated carbocycles. The summed E-state index contributed by atoms with van der Waals surface area (Å²) in [6.45, 7) is 2.28. The zero-order valence-corrected chi connectivity index (χ0v) is 8.10. The number of rotatable bonds is 3. The van der Waals surface area contributed by atoms with Crippen LogP contribution in [0.5, 0.6) is 0 Å². The van der Waals surface area contributed by atoms with Gasteiger partial charge in [-0.1, -0.05) is 32.6 Å². The number of hydrogen-bond acceptors (Lipinski definition) is 1. The van der Waals surface area contributed by atoms with Crippen LogP contribution in [-0.4, -0.2) is 0 Å². The maximum absolute atomic E-state index is 8.56. The highest BCUT2D eigenvalue weighted by atomic mass is 14.3. The molecule has 0 amide bonds. The Morgan fingerprint density at radius 1 is 1.25 bits per heavy atom. The summed E-state index contributed by atoms with van der Waals surface area (Å²) >= 11 is 0. The van der Waals surface area contributed by atoms with Crippen molar-refractivity contribution in [2.45, 2.75) is 58.3 Å². The topological polar surface area (TPSA) is 23.8 Å². The molecule has 1 fully saturated rings. The summed E-state index contributed by atoms with van der Waals surface area (Å²) in [7, 11) is 0. The fraction of sp³-hybridized carbons (Fsp3) is 0.909. The molecule has 1 rings (SSSR count). The van der Waals surface area contributed by atoms with E-state index >= 15 is 0 Å². The van der Waals surface area contributed by atoms with Gasteiger partial charge in [0.1, 0.15) is 0 Å². The third-order valence-electron chi connectivity index (χ3n) is 3.43. The van der Waals surface area contributed by atoms with Crippen LogP contribution in [0, 0.1) is 16.7 Å². The molecule has 12 heavy (non-hydrogen) atoms. The van der Waals surface area contributed by atoms with Crippen molar-refractivity contribution >= 4 is 0 Å². The highest BCUT2D eigenvalue weighted by Crippen LogP contribution is 2.42. The Kier molecular flexibility index (Phi) is 3.59. The smallest absolute Gasteiger partial charge is 0.0621 e. The second-order valence-electron chi connectivity index (χ2n) is 4.07. The van der Waals surface area contributed by atoms with E-state index in [9.17, 15) is 0 Å². The maximum atomic E-state index is 8.56. The molecular weight excluding hydrogens is 146 g/mol. The molecule has 0 aromatic rings. The van der Waals surface area contributed by atoms with Crippen LogP contribution < -0.4 is 0 Å². The van der Waals surface area contributed by atoms with Gasteiger partial charge in [-0.3, -0.25) is 0 Å². The van der Waals surface area contributed by atoms with Gasteiger partial charge in [-0.15, -0.1) is 0 Å². The summed E-state index contributed by atoms with van der Waals surface area (Å²) in [5, 5.41) is 8.56. The molecule has 0 heterocycles. The molecular formula is C11H19N. The van der Waals surface area contributed by atoms with Crippen LogP contribution in [0.25, 0.3) is 0 Å². The summed E-state index contributed by atoms with van der Waals surface area (Å²) < 4.78 is 0. The average molecular weight is 165 g/mol. The third-order valence-corrected chi connectivity index (χ3v) is 3.43. The SMILES string of the molecule is CCC1(CCC#N)CCCCC1. The van der Waals surface area contributed by atoms with E-state index in [4.69, 9.17) is 5.26 Å². The Morgan fingerprint density at radius 3 is 2.42 bits per heavy atom.